The van der Waals surface area contributed by atoms with Gasteiger partial charge in [-0.15, -0.1) is 0 Å². The van der Waals surface area contributed by atoms with Gasteiger partial charge in [-0.2, -0.15) is 0 Å². The lowest BCUT2D eigenvalue weighted by atomic mass is 9.90. The zero-order chi connectivity index (χ0) is 13.4. The van der Waals surface area contributed by atoms with E-state index in [1.165, 1.54) is 4.90 Å². The lowest BCUT2D eigenvalue weighted by Gasteiger charge is -2.36. The highest BCUT2D eigenvalue weighted by Crippen LogP contribution is 2.30. The molecule has 1 atom stereocenters. The summed E-state index contributed by atoms with van der Waals surface area (Å²) in [6.07, 6.45) is 3.77. The molecule has 0 aromatic heterocycles. The Labute approximate surface area is 109 Å². The summed E-state index contributed by atoms with van der Waals surface area (Å²) in [5.74, 6) is 0. The van der Waals surface area contributed by atoms with Crippen molar-refractivity contribution in [3.63, 3.8) is 0 Å². The summed E-state index contributed by atoms with van der Waals surface area (Å²) < 4.78 is 19.6. The van der Waals surface area contributed by atoms with Crippen LogP contribution in [0.5, 0.6) is 0 Å². The number of carbonyl (C=O) groups is 1. The lowest BCUT2D eigenvalue weighted by molar-refractivity contribution is 0.0258. The van der Waals surface area contributed by atoms with Gasteiger partial charge in [0.2, 0.25) is 0 Å². The molecule has 0 aliphatic carbocycles. The van der Waals surface area contributed by atoms with E-state index in [1.807, 2.05) is 6.92 Å². The van der Waals surface area contributed by atoms with Gasteiger partial charge < -0.3 is 15.4 Å². The van der Waals surface area contributed by atoms with Crippen LogP contribution in [0.2, 0.25) is 0 Å². The Morgan fingerprint density at radius 2 is 2.28 bits per heavy atom. The normalized spacial score (nSPS) is 24.1. The minimum absolute atomic E-state index is 0.151. The van der Waals surface area contributed by atoms with Gasteiger partial charge in [-0.3, -0.25) is 0 Å². The summed E-state index contributed by atoms with van der Waals surface area (Å²) in [6, 6.07) is 0. The number of hydrogen-bond acceptors (Lipinski definition) is 3. The number of amides is 1. The molecule has 106 valence electrons. The van der Waals surface area contributed by atoms with E-state index in [1.54, 1.807) is 0 Å². The SMILES string of the molecule is CCCCOC(=O)N1CCCC(F)(CCCN)C1. The number of likely N-dealkylation sites (tertiary alicyclic amines) is 1. The number of ether oxygens (including phenoxy) is 1. The van der Waals surface area contributed by atoms with Crippen molar-refractivity contribution in [3.8, 4) is 0 Å². The molecule has 1 amide bonds. The van der Waals surface area contributed by atoms with Gasteiger partial charge in [0.15, 0.2) is 0 Å². The highest BCUT2D eigenvalue weighted by molar-refractivity contribution is 5.67. The van der Waals surface area contributed by atoms with Gasteiger partial charge in [0.05, 0.1) is 13.2 Å². The molecule has 4 nitrogen and oxygen atoms in total. The number of rotatable bonds is 6. The maximum atomic E-state index is 14.5. The van der Waals surface area contributed by atoms with Crippen molar-refractivity contribution in [1.82, 2.24) is 4.90 Å². The summed E-state index contributed by atoms with van der Waals surface area (Å²) in [7, 11) is 0. The fraction of sp³-hybridized carbons (Fsp3) is 0.923. The van der Waals surface area contributed by atoms with Crippen molar-refractivity contribution >= 4 is 6.09 Å². The molecule has 0 spiro atoms. The van der Waals surface area contributed by atoms with Gasteiger partial charge in [-0.05, 0) is 38.6 Å². The molecule has 1 saturated heterocycles. The lowest BCUT2D eigenvalue weighted by Crippen LogP contribution is -2.48. The van der Waals surface area contributed by atoms with Crippen molar-refractivity contribution in [2.75, 3.05) is 26.2 Å². The van der Waals surface area contributed by atoms with E-state index < -0.39 is 5.67 Å². The zero-order valence-corrected chi connectivity index (χ0v) is 11.3. The van der Waals surface area contributed by atoms with Gasteiger partial charge in [0, 0.05) is 6.54 Å². The summed E-state index contributed by atoms with van der Waals surface area (Å²) in [4.78, 5) is 13.2. The molecule has 0 aromatic carbocycles. The first kappa shape index (κ1) is 15.2. The minimum Gasteiger partial charge on any atom is -0.449 e. The number of nitrogens with zero attached hydrogens (tertiary/aromatic N) is 1. The van der Waals surface area contributed by atoms with E-state index >= 15 is 0 Å². The van der Waals surface area contributed by atoms with Crippen molar-refractivity contribution in [3.05, 3.63) is 0 Å². The minimum atomic E-state index is -1.28. The van der Waals surface area contributed by atoms with E-state index in [2.05, 4.69) is 0 Å². The molecule has 0 bridgehead atoms. The first-order chi connectivity index (χ1) is 8.61. The monoisotopic (exact) mass is 260 g/mol. The molecule has 0 saturated carbocycles. The Morgan fingerprint density at radius 3 is 2.94 bits per heavy atom. The highest BCUT2D eigenvalue weighted by Gasteiger charge is 2.37. The second-order valence-corrected chi connectivity index (χ2v) is 5.04. The van der Waals surface area contributed by atoms with Crippen molar-refractivity contribution in [2.45, 2.75) is 51.1 Å². The third-order valence-electron chi connectivity index (χ3n) is 3.34. The van der Waals surface area contributed by atoms with E-state index in [9.17, 15) is 9.18 Å². The summed E-state index contributed by atoms with van der Waals surface area (Å²) in [5, 5.41) is 0. The quantitative estimate of drug-likeness (QED) is 0.746. The van der Waals surface area contributed by atoms with Gasteiger partial charge in [0.1, 0.15) is 5.67 Å². The maximum Gasteiger partial charge on any atom is 0.409 e. The molecule has 1 aliphatic rings. The molecule has 1 unspecified atom stereocenters. The van der Waals surface area contributed by atoms with Gasteiger partial charge >= 0.3 is 6.09 Å². The number of piperidine rings is 1. The molecule has 2 N–H and O–H groups in total. The number of hydrogen-bond donors (Lipinski definition) is 1. The number of unbranched alkanes of at least 4 members (excludes halogenated alkanes) is 1. The average molecular weight is 260 g/mol. The highest BCUT2D eigenvalue weighted by atomic mass is 19.1. The molecule has 0 radical (unpaired) electrons. The second-order valence-electron chi connectivity index (χ2n) is 5.04. The zero-order valence-electron chi connectivity index (χ0n) is 11.3. The largest absolute Gasteiger partial charge is 0.449 e. The van der Waals surface area contributed by atoms with Crippen LogP contribution in [-0.2, 0) is 4.74 Å². The summed E-state index contributed by atoms with van der Waals surface area (Å²) in [5.41, 5.74) is 4.13. The summed E-state index contributed by atoms with van der Waals surface area (Å²) >= 11 is 0. The predicted octanol–water partition coefficient (Wildman–Crippen LogP) is 2.47. The van der Waals surface area contributed by atoms with Gasteiger partial charge in [-0.25, -0.2) is 9.18 Å². The standard InChI is InChI=1S/C13H25FN2O2/c1-2-3-10-18-12(17)16-9-5-7-13(14,11-16)6-4-8-15/h2-11,15H2,1H3. The molecule has 1 heterocycles. The summed E-state index contributed by atoms with van der Waals surface area (Å²) in [6.45, 7) is 3.70. The Hall–Kier alpha value is -0.840. The van der Waals surface area contributed by atoms with Crippen LogP contribution in [0.3, 0.4) is 0 Å². The van der Waals surface area contributed by atoms with Crippen molar-refractivity contribution in [1.29, 1.82) is 0 Å². The fourth-order valence-corrected chi connectivity index (χ4v) is 2.26. The third kappa shape index (κ3) is 4.80. The van der Waals surface area contributed by atoms with Crippen LogP contribution in [-0.4, -0.2) is 42.9 Å². The van der Waals surface area contributed by atoms with Gasteiger partial charge in [0.25, 0.3) is 0 Å². The molecule has 1 aliphatic heterocycles. The molecule has 0 aromatic rings. The second kappa shape index (κ2) is 7.56. The molecular weight excluding hydrogens is 235 g/mol. The van der Waals surface area contributed by atoms with Crippen molar-refractivity contribution in [2.24, 2.45) is 5.73 Å². The van der Waals surface area contributed by atoms with E-state index in [-0.39, 0.29) is 12.6 Å². The van der Waals surface area contributed by atoms with Crippen LogP contribution in [0.25, 0.3) is 0 Å². The number of halogens is 1. The predicted molar refractivity (Wildman–Crippen MR) is 69.2 cm³/mol. The first-order valence-electron chi connectivity index (χ1n) is 6.92. The molecule has 18 heavy (non-hydrogen) atoms. The van der Waals surface area contributed by atoms with Crippen LogP contribution in [0.1, 0.15) is 45.4 Å². The Morgan fingerprint density at radius 1 is 1.50 bits per heavy atom. The smallest absolute Gasteiger partial charge is 0.409 e. The topological polar surface area (TPSA) is 55.6 Å². The Kier molecular flexibility index (Phi) is 6.39. The van der Waals surface area contributed by atoms with Crippen LogP contribution in [0.15, 0.2) is 0 Å². The van der Waals surface area contributed by atoms with E-state index in [4.69, 9.17) is 10.5 Å². The van der Waals surface area contributed by atoms with E-state index in [0.29, 0.717) is 45.4 Å². The van der Waals surface area contributed by atoms with E-state index in [0.717, 1.165) is 12.8 Å². The average Bonchev–Trinajstić information content (AvgIpc) is 2.37. The van der Waals surface area contributed by atoms with Crippen LogP contribution in [0, 0.1) is 0 Å². The third-order valence-corrected chi connectivity index (χ3v) is 3.34. The number of nitrogens with two attached hydrogens (primary N) is 1. The van der Waals surface area contributed by atoms with Crippen LogP contribution >= 0.6 is 0 Å². The van der Waals surface area contributed by atoms with Gasteiger partial charge in [-0.1, -0.05) is 13.3 Å². The molecular formula is C13H25FN2O2. The van der Waals surface area contributed by atoms with Crippen LogP contribution in [0.4, 0.5) is 9.18 Å². The maximum absolute atomic E-state index is 14.5. The van der Waals surface area contributed by atoms with Crippen LogP contribution < -0.4 is 5.73 Å². The Balaban J connectivity index is 2.39. The molecule has 1 rings (SSSR count). The number of alkyl halides is 1. The fourth-order valence-electron chi connectivity index (χ4n) is 2.26. The Bertz CT molecular complexity index is 263. The van der Waals surface area contributed by atoms with Crippen molar-refractivity contribution < 1.29 is 13.9 Å². The number of carbonyl (C=O) groups excluding carboxylic acids is 1. The molecule has 1 fully saturated rings. The molecule has 5 heteroatoms. The first-order valence-corrected chi connectivity index (χ1v) is 6.92.